The van der Waals surface area contributed by atoms with E-state index in [1.807, 2.05) is 20.8 Å². The molecule has 0 aromatic carbocycles. The minimum atomic E-state index is -3.41. The predicted octanol–water partition coefficient (Wildman–Crippen LogP) is 1.76. The van der Waals surface area contributed by atoms with Crippen molar-refractivity contribution in [3.63, 3.8) is 0 Å². The molecule has 0 rings (SSSR count). The molecule has 0 aromatic rings. The molecule has 0 saturated heterocycles. The Kier molecular flexibility index (Phi) is 4.51. The highest BCUT2D eigenvalue weighted by Gasteiger charge is 2.16. The van der Waals surface area contributed by atoms with Crippen LogP contribution in [0.4, 0.5) is 0 Å². The van der Waals surface area contributed by atoms with Crippen LogP contribution in [0.25, 0.3) is 0 Å². The van der Waals surface area contributed by atoms with Crippen molar-refractivity contribution >= 4 is 19.7 Å². The minimum absolute atomic E-state index is 0.127. The van der Waals surface area contributed by atoms with Crippen molar-refractivity contribution < 1.29 is 13.2 Å². The Morgan fingerprint density at radius 3 is 2.25 bits per heavy atom. The highest BCUT2D eigenvalue weighted by Crippen LogP contribution is 2.13. The van der Waals surface area contributed by atoms with E-state index in [0.29, 0.717) is 0 Å². The van der Waals surface area contributed by atoms with Crippen molar-refractivity contribution in [2.24, 2.45) is 0 Å². The molecule has 0 aliphatic carbocycles. The minimum Gasteiger partial charge on any atom is -0.374 e. The lowest BCUT2D eigenvalue weighted by Gasteiger charge is -2.22. The SMILES string of the molecule is CCC(C)(C)OCCS(=O)(=O)Cl. The Labute approximate surface area is 78.5 Å². The highest BCUT2D eigenvalue weighted by atomic mass is 35.7. The van der Waals surface area contributed by atoms with E-state index in [1.54, 1.807) is 0 Å². The summed E-state index contributed by atoms with van der Waals surface area (Å²) in [4.78, 5) is 0. The zero-order valence-corrected chi connectivity index (χ0v) is 9.20. The molecule has 0 spiro atoms. The van der Waals surface area contributed by atoms with Crippen LogP contribution in [0.1, 0.15) is 27.2 Å². The fourth-order valence-corrected chi connectivity index (χ4v) is 0.991. The van der Waals surface area contributed by atoms with Crippen LogP contribution in [-0.2, 0) is 13.8 Å². The number of rotatable bonds is 5. The van der Waals surface area contributed by atoms with Gasteiger partial charge < -0.3 is 4.74 Å². The topological polar surface area (TPSA) is 43.4 Å². The first-order valence-electron chi connectivity index (χ1n) is 3.83. The van der Waals surface area contributed by atoms with Crippen LogP contribution in [0.15, 0.2) is 0 Å². The van der Waals surface area contributed by atoms with Crippen LogP contribution < -0.4 is 0 Å². The standard InChI is InChI=1S/C7H15ClO3S/c1-4-7(2,3)11-5-6-12(8,9)10/h4-6H2,1-3H3. The molecule has 12 heavy (non-hydrogen) atoms. The average Bonchev–Trinajstić information content (AvgIpc) is 1.84. The molecule has 0 radical (unpaired) electrons. The third-order valence-electron chi connectivity index (χ3n) is 1.67. The van der Waals surface area contributed by atoms with E-state index in [-0.39, 0.29) is 18.0 Å². The third-order valence-corrected chi connectivity index (χ3v) is 2.79. The summed E-state index contributed by atoms with van der Waals surface area (Å²) in [6, 6.07) is 0. The van der Waals surface area contributed by atoms with E-state index >= 15 is 0 Å². The van der Waals surface area contributed by atoms with Gasteiger partial charge in [0.2, 0.25) is 9.05 Å². The van der Waals surface area contributed by atoms with Crippen molar-refractivity contribution in [1.82, 2.24) is 0 Å². The lowest BCUT2D eigenvalue weighted by Crippen LogP contribution is -2.25. The number of hydrogen-bond acceptors (Lipinski definition) is 3. The molecule has 0 N–H and O–H groups in total. The molecule has 0 bridgehead atoms. The second-order valence-corrected chi connectivity index (χ2v) is 6.10. The Bertz CT molecular complexity index is 221. The Morgan fingerprint density at radius 2 is 1.92 bits per heavy atom. The summed E-state index contributed by atoms with van der Waals surface area (Å²) < 4.78 is 26.3. The first-order chi connectivity index (χ1) is 5.27. The molecule has 0 aliphatic rings. The molecule has 5 heteroatoms. The monoisotopic (exact) mass is 214 g/mol. The molecule has 0 fully saturated rings. The van der Waals surface area contributed by atoms with Crippen molar-refractivity contribution in [3.8, 4) is 0 Å². The quantitative estimate of drug-likeness (QED) is 0.655. The maximum absolute atomic E-state index is 10.5. The van der Waals surface area contributed by atoms with Gasteiger partial charge in [0.05, 0.1) is 18.0 Å². The van der Waals surface area contributed by atoms with E-state index in [2.05, 4.69) is 0 Å². The van der Waals surface area contributed by atoms with Crippen LogP contribution in [0.5, 0.6) is 0 Å². The Balaban J connectivity index is 3.72. The van der Waals surface area contributed by atoms with E-state index < -0.39 is 9.05 Å². The predicted molar refractivity (Wildman–Crippen MR) is 50.0 cm³/mol. The average molecular weight is 215 g/mol. The van der Waals surface area contributed by atoms with Gasteiger partial charge in [-0.3, -0.25) is 0 Å². The summed E-state index contributed by atoms with van der Waals surface area (Å²) in [5, 5.41) is 0. The van der Waals surface area contributed by atoms with Crippen molar-refractivity contribution in [3.05, 3.63) is 0 Å². The lowest BCUT2D eigenvalue weighted by atomic mass is 10.1. The summed E-state index contributed by atoms with van der Waals surface area (Å²) in [6.07, 6.45) is 0.843. The summed E-state index contributed by atoms with van der Waals surface area (Å²) in [5.74, 6) is -0.127. The first-order valence-corrected chi connectivity index (χ1v) is 6.31. The maximum Gasteiger partial charge on any atom is 0.234 e. The van der Waals surface area contributed by atoms with Gasteiger partial charge >= 0.3 is 0 Å². The summed E-state index contributed by atoms with van der Waals surface area (Å²) in [7, 11) is 1.59. The zero-order chi connectivity index (χ0) is 9.83. The second-order valence-electron chi connectivity index (χ2n) is 3.20. The van der Waals surface area contributed by atoms with Gasteiger partial charge in [-0.2, -0.15) is 0 Å². The van der Waals surface area contributed by atoms with Crippen molar-refractivity contribution in [2.45, 2.75) is 32.8 Å². The summed E-state index contributed by atoms with van der Waals surface area (Å²) >= 11 is 0. The molecule has 0 atom stereocenters. The third kappa shape index (κ3) is 6.88. The van der Waals surface area contributed by atoms with Crippen LogP contribution in [0.3, 0.4) is 0 Å². The zero-order valence-electron chi connectivity index (χ0n) is 7.63. The van der Waals surface area contributed by atoms with Gasteiger partial charge in [-0.15, -0.1) is 0 Å². The van der Waals surface area contributed by atoms with Crippen LogP contribution >= 0.6 is 10.7 Å². The van der Waals surface area contributed by atoms with Gasteiger partial charge in [-0.1, -0.05) is 6.92 Å². The van der Waals surface area contributed by atoms with Crippen molar-refractivity contribution in [1.29, 1.82) is 0 Å². The molecule has 0 aliphatic heterocycles. The van der Waals surface area contributed by atoms with Gasteiger partial charge in [-0.05, 0) is 20.3 Å². The van der Waals surface area contributed by atoms with Crippen LogP contribution in [-0.4, -0.2) is 26.4 Å². The molecular weight excluding hydrogens is 200 g/mol. The van der Waals surface area contributed by atoms with Gasteiger partial charge in [0.25, 0.3) is 0 Å². The van der Waals surface area contributed by atoms with E-state index in [4.69, 9.17) is 15.4 Å². The van der Waals surface area contributed by atoms with Gasteiger partial charge in [-0.25, -0.2) is 8.42 Å². The number of halogens is 1. The lowest BCUT2D eigenvalue weighted by molar-refractivity contribution is -0.0113. The van der Waals surface area contributed by atoms with Crippen molar-refractivity contribution in [2.75, 3.05) is 12.4 Å². The normalized spacial score (nSPS) is 13.3. The molecule has 0 unspecified atom stereocenters. The summed E-state index contributed by atoms with van der Waals surface area (Å²) in [5.41, 5.74) is -0.262. The van der Waals surface area contributed by atoms with E-state index in [1.165, 1.54) is 0 Å². The summed E-state index contributed by atoms with van der Waals surface area (Å²) in [6.45, 7) is 5.96. The fraction of sp³-hybridized carbons (Fsp3) is 1.00. The number of hydrogen-bond donors (Lipinski definition) is 0. The molecule has 0 aromatic heterocycles. The van der Waals surface area contributed by atoms with Crippen LogP contribution in [0, 0.1) is 0 Å². The highest BCUT2D eigenvalue weighted by molar-refractivity contribution is 8.13. The fourth-order valence-electron chi connectivity index (χ4n) is 0.520. The van der Waals surface area contributed by atoms with Crippen LogP contribution in [0.2, 0.25) is 0 Å². The van der Waals surface area contributed by atoms with E-state index in [9.17, 15) is 8.42 Å². The van der Waals surface area contributed by atoms with Gasteiger partial charge in [0.1, 0.15) is 0 Å². The smallest absolute Gasteiger partial charge is 0.234 e. The first kappa shape index (κ1) is 12.2. The Morgan fingerprint density at radius 1 is 1.42 bits per heavy atom. The molecule has 74 valence electrons. The second kappa shape index (κ2) is 4.44. The largest absolute Gasteiger partial charge is 0.374 e. The molecule has 0 amide bonds. The molecule has 0 heterocycles. The number of ether oxygens (including phenoxy) is 1. The van der Waals surface area contributed by atoms with Gasteiger partial charge in [0, 0.05) is 10.7 Å². The molecular formula is C7H15ClO3S. The Hall–Kier alpha value is 0.200. The molecule has 0 saturated carbocycles. The molecule has 3 nitrogen and oxygen atoms in total. The van der Waals surface area contributed by atoms with E-state index in [0.717, 1.165) is 6.42 Å². The van der Waals surface area contributed by atoms with Gasteiger partial charge in [0.15, 0.2) is 0 Å². The maximum atomic E-state index is 10.5.